The maximum atomic E-state index is 13.2. The average molecular weight is 426 g/mol. The van der Waals surface area contributed by atoms with Gasteiger partial charge in [0.25, 0.3) is 11.5 Å². The number of aromatic amines is 1. The SMILES string of the molecule is CCN(Cc1cc2ccc(OC)cc2[nH]c1=O)C(=O)c1cc(OC)c(OC)c(OC)c1. The van der Waals surface area contributed by atoms with Crippen LogP contribution in [0.2, 0.25) is 0 Å². The van der Waals surface area contributed by atoms with Gasteiger partial charge in [0.05, 0.1) is 40.5 Å². The number of amides is 1. The Bertz CT molecular complexity index is 1130. The number of nitrogens with one attached hydrogen (secondary N) is 1. The number of hydrogen-bond donors (Lipinski definition) is 1. The molecule has 0 atom stereocenters. The molecule has 2 aromatic carbocycles. The number of benzene rings is 2. The van der Waals surface area contributed by atoms with Crippen LogP contribution in [0.15, 0.2) is 41.2 Å². The van der Waals surface area contributed by atoms with Crippen molar-refractivity contribution in [2.24, 2.45) is 0 Å². The first-order chi connectivity index (χ1) is 14.9. The van der Waals surface area contributed by atoms with Gasteiger partial charge in [0.2, 0.25) is 5.75 Å². The van der Waals surface area contributed by atoms with Crippen LogP contribution in [0, 0.1) is 0 Å². The first-order valence-electron chi connectivity index (χ1n) is 9.74. The van der Waals surface area contributed by atoms with Crippen molar-refractivity contribution in [2.45, 2.75) is 13.5 Å². The van der Waals surface area contributed by atoms with Crippen molar-refractivity contribution in [3.63, 3.8) is 0 Å². The van der Waals surface area contributed by atoms with Gasteiger partial charge >= 0.3 is 0 Å². The zero-order chi connectivity index (χ0) is 22.5. The fourth-order valence-electron chi connectivity index (χ4n) is 3.39. The number of H-pyrrole nitrogens is 1. The van der Waals surface area contributed by atoms with Crippen molar-refractivity contribution < 1.29 is 23.7 Å². The largest absolute Gasteiger partial charge is 0.497 e. The normalized spacial score (nSPS) is 10.6. The van der Waals surface area contributed by atoms with E-state index in [0.29, 0.717) is 46.2 Å². The first-order valence-corrected chi connectivity index (χ1v) is 9.74. The summed E-state index contributed by atoms with van der Waals surface area (Å²) in [6, 6.07) is 10.4. The summed E-state index contributed by atoms with van der Waals surface area (Å²) in [4.78, 5) is 30.3. The maximum absolute atomic E-state index is 13.2. The Hall–Kier alpha value is -3.68. The minimum absolute atomic E-state index is 0.156. The van der Waals surface area contributed by atoms with Crippen LogP contribution in [0.5, 0.6) is 23.0 Å². The molecule has 0 unspecified atom stereocenters. The quantitative estimate of drug-likeness (QED) is 0.595. The van der Waals surface area contributed by atoms with E-state index in [1.54, 1.807) is 36.3 Å². The zero-order valence-corrected chi connectivity index (χ0v) is 18.3. The van der Waals surface area contributed by atoms with Crippen molar-refractivity contribution in [3.8, 4) is 23.0 Å². The van der Waals surface area contributed by atoms with Crippen LogP contribution in [0.4, 0.5) is 0 Å². The number of carbonyl (C=O) groups excluding carboxylic acids is 1. The lowest BCUT2D eigenvalue weighted by atomic mass is 10.1. The Labute approximate surface area is 180 Å². The molecule has 8 nitrogen and oxygen atoms in total. The van der Waals surface area contributed by atoms with Gasteiger partial charge in [0.15, 0.2) is 11.5 Å². The molecule has 0 aliphatic heterocycles. The molecule has 1 amide bonds. The van der Waals surface area contributed by atoms with Crippen LogP contribution in [0.25, 0.3) is 10.9 Å². The minimum Gasteiger partial charge on any atom is -0.497 e. The van der Waals surface area contributed by atoms with E-state index >= 15 is 0 Å². The van der Waals surface area contributed by atoms with Crippen LogP contribution >= 0.6 is 0 Å². The summed E-state index contributed by atoms with van der Waals surface area (Å²) in [7, 11) is 6.06. The van der Waals surface area contributed by atoms with Crippen LogP contribution < -0.4 is 24.5 Å². The number of ether oxygens (including phenoxy) is 4. The third-order valence-electron chi connectivity index (χ3n) is 5.07. The highest BCUT2D eigenvalue weighted by Crippen LogP contribution is 2.38. The van der Waals surface area contributed by atoms with E-state index in [9.17, 15) is 9.59 Å². The van der Waals surface area contributed by atoms with Gasteiger partial charge in [-0.05, 0) is 42.6 Å². The molecule has 0 fully saturated rings. The van der Waals surface area contributed by atoms with E-state index in [4.69, 9.17) is 18.9 Å². The summed E-state index contributed by atoms with van der Waals surface area (Å²) in [5.41, 5.74) is 1.28. The molecule has 8 heteroatoms. The Morgan fingerprint density at radius 1 is 0.935 bits per heavy atom. The van der Waals surface area contributed by atoms with Gasteiger partial charge in [-0.3, -0.25) is 9.59 Å². The van der Waals surface area contributed by atoms with Gasteiger partial charge in [-0.2, -0.15) is 0 Å². The summed E-state index contributed by atoms with van der Waals surface area (Å²) in [5.74, 6) is 1.59. The zero-order valence-electron chi connectivity index (χ0n) is 18.3. The van der Waals surface area contributed by atoms with E-state index in [-0.39, 0.29) is 18.0 Å². The monoisotopic (exact) mass is 426 g/mol. The fourth-order valence-corrected chi connectivity index (χ4v) is 3.39. The number of hydrogen-bond acceptors (Lipinski definition) is 6. The Balaban J connectivity index is 1.95. The molecule has 0 saturated carbocycles. The third-order valence-corrected chi connectivity index (χ3v) is 5.07. The third kappa shape index (κ3) is 4.42. The number of fused-ring (bicyclic) bond motifs is 1. The van der Waals surface area contributed by atoms with Gasteiger partial charge in [-0.1, -0.05) is 0 Å². The molecule has 1 N–H and O–H groups in total. The number of pyridine rings is 1. The summed E-state index contributed by atoms with van der Waals surface area (Å²) in [5, 5.41) is 0.853. The molecule has 31 heavy (non-hydrogen) atoms. The predicted molar refractivity (Wildman–Crippen MR) is 118 cm³/mol. The molecular formula is C23H26N2O6. The van der Waals surface area contributed by atoms with Gasteiger partial charge < -0.3 is 28.8 Å². The average Bonchev–Trinajstić information content (AvgIpc) is 2.80. The lowest BCUT2D eigenvalue weighted by Crippen LogP contribution is -2.32. The van der Waals surface area contributed by atoms with E-state index in [1.165, 1.54) is 21.3 Å². The standard InChI is InChI=1S/C23H26N2O6/c1-6-25(23(27)15-10-19(29-3)21(31-5)20(11-15)30-4)13-16-9-14-7-8-17(28-2)12-18(14)24-22(16)26/h7-12H,6,13H2,1-5H3,(H,24,26). The van der Waals surface area contributed by atoms with Crippen LogP contribution in [0.1, 0.15) is 22.8 Å². The summed E-state index contributed by atoms with van der Waals surface area (Å²) >= 11 is 0. The number of nitrogens with zero attached hydrogens (tertiary/aromatic N) is 1. The molecular weight excluding hydrogens is 400 g/mol. The molecule has 0 aliphatic carbocycles. The molecule has 3 rings (SSSR count). The number of aromatic nitrogens is 1. The second-order valence-corrected chi connectivity index (χ2v) is 6.81. The highest BCUT2D eigenvalue weighted by molar-refractivity contribution is 5.95. The molecule has 164 valence electrons. The number of methoxy groups -OCH3 is 4. The van der Waals surface area contributed by atoms with Crippen LogP contribution in [0.3, 0.4) is 0 Å². The highest BCUT2D eigenvalue weighted by Gasteiger charge is 2.21. The molecule has 1 heterocycles. The van der Waals surface area contributed by atoms with Gasteiger partial charge in [-0.25, -0.2) is 0 Å². The molecule has 3 aromatic rings. The summed E-state index contributed by atoms with van der Waals surface area (Å²) in [6.45, 7) is 2.43. The van der Waals surface area contributed by atoms with Crippen molar-refractivity contribution in [1.29, 1.82) is 0 Å². The van der Waals surface area contributed by atoms with Crippen LogP contribution in [-0.4, -0.2) is 50.8 Å². The van der Waals surface area contributed by atoms with Crippen molar-refractivity contribution in [1.82, 2.24) is 9.88 Å². The molecule has 0 bridgehead atoms. The highest BCUT2D eigenvalue weighted by atomic mass is 16.5. The summed E-state index contributed by atoms with van der Waals surface area (Å²) in [6.07, 6.45) is 0. The summed E-state index contributed by atoms with van der Waals surface area (Å²) < 4.78 is 21.2. The Morgan fingerprint density at radius 3 is 2.16 bits per heavy atom. The number of rotatable bonds is 8. The second-order valence-electron chi connectivity index (χ2n) is 6.81. The van der Waals surface area contributed by atoms with Crippen molar-refractivity contribution in [2.75, 3.05) is 35.0 Å². The number of carbonyl (C=O) groups is 1. The first kappa shape index (κ1) is 22.0. The van der Waals surface area contributed by atoms with Crippen molar-refractivity contribution in [3.05, 3.63) is 57.9 Å². The Kier molecular flexibility index (Phi) is 6.69. The van der Waals surface area contributed by atoms with Gasteiger partial charge in [-0.15, -0.1) is 0 Å². The van der Waals surface area contributed by atoms with E-state index in [0.717, 1.165) is 5.39 Å². The van der Waals surface area contributed by atoms with E-state index < -0.39 is 0 Å². The molecule has 0 spiro atoms. The van der Waals surface area contributed by atoms with Gasteiger partial charge in [0, 0.05) is 23.7 Å². The molecule has 0 aliphatic rings. The van der Waals surface area contributed by atoms with E-state index in [1.807, 2.05) is 19.1 Å². The molecule has 1 aromatic heterocycles. The van der Waals surface area contributed by atoms with Gasteiger partial charge in [0.1, 0.15) is 5.75 Å². The predicted octanol–water partition coefficient (Wildman–Crippen LogP) is 3.22. The topological polar surface area (TPSA) is 90.1 Å². The smallest absolute Gasteiger partial charge is 0.254 e. The molecule has 0 radical (unpaired) electrons. The van der Waals surface area contributed by atoms with E-state index in [2.05, 4.69) is 4.98 Å². The van der Waals surface area contributed by atoms with Crippen LogP contribution in [-0.2, 0) is 6.54 Å². The van der Waals surface area contributed by atoms with Crippen molar-refractivity contribution >= 4 is 16.8 Å². The fraction of sp³-hybridized carbons (Fsp3) is 0.304. The maximum Gasteiger partial charge on any atom is 0.254 e. The lowest BCUT2D eigenvalue weighted by molar-refractivity contribution is 0.0751. The Morgan fingerprint density at radius 2 is 1.61 bits per heavy atom. The molecule has 0 saturated heterocycles. The lowest BCUT2D eigenvalue weighted by Gasteiger charge is -2.22. The second kappa shape index (κ2) is 9.42. The minimum atomic E-state index is -0.254.